The van der Waals surface area contributed by atoms with E-state index in [9.17, 15) is 0 Å². The standard InChI is InChI=1S/C12H24O4Si4/c1-9(2)19(10(3)4)14-17-13-18-15-20(16-19,11(5)6)12(7)8/h1,3,5,7,17-18H2,2,4,6,8H3. The van der Waals surface area contributed by atoms with E-state index in [0.29, 0.717) is 0 Å². The fourth-order valence-electron chi connectivity index (χ4n) is 2.11. The molecule has 0 N–H and O–H groups in total. The predicted molar refractivity (Wildman–Crippen MR) is 92.2 cm³/mol. The van der Waals surface area contributed by atoms with Crippen LogP contribution in [0.2, 0.25) is 0 Å². The van der Waals surface area contributed by atoms with Gasteiger partial charge in [-0.25, -0.2) is 0 Å². The van der Waals surface area contributed by atoms with Gasteiger partial charge in [0.1, 0.15) is 0 Å². The minimum atomic E-state index is -2.80. The first-order valence-corrected chi connectivity index (χ1v) is 12.3. The van der Waals surface area contributed by atoms with Crippen LogP contribution in [0.4, 0.5) is 0 Å². The summed E-state index contributed by atoms with van der Waals surface area (Å²) >= 11 is 0. The minimum absolute atomic E-state index is 0.868. The van der Waals surface area contributed by atoms with Crippen LogP contribution in [0.3, 0.4) is 0 Å². The summed E-state index contributed by atoms with van der Waals surface area (Å²) in [4.78, 5) is 0. The Labute approximate surface area is 128 Å². The van der Waals surface area contributed by atoms with Gasteiger partial charge in [0.15, 0.2) is 0 Å². The lowest BCUT2D eigenvalue weighted by Crippen LogP contribution is -2.61. The summed E-state index contributed by atoms with van der Waals surface area (Å²) in [6.07, 6.45) is 0. The molecule has 20 heavy (non-hydrogen) atoms. The third-order valence-electron chi connectivity index (χ3n) is 3.23. The Hall–Kier alpha value is -0.332. The fraction of sp³-hybridized carbons (Fsp3) is 0.333. The predicted octanol–water partition coefficient (Wildman–Crippen LogP) is 1.41. The molecule has 0 aromatic heterocycles. The first kappa shape index (κ1) is 17.7. The van der Waals surface area contributed by atoms with Crippen molar-refractivity contribution in [2.45, 2.75) is 27.7 Å². The normalized spacial score (nSPS) is 23.8. The van der Waals surface area contributed by atoms with Gasteiger partial charge in [-0.3, -0.25) is 0 Å². The molecule has 1 rings (SSSR count). The van der Waals surface area contributed by atoms with Gasteiger partial charge in [0.2, 0.25) is 0 Å². The van der Waals surface area contributed by atoms with Crippen LogP contribution in [-0.2, 0) is 16.5 Å². The van der Waals surface area contributed by atoms with Crippen molar-refractivity contribution in [3.8, 4) is 0 Å². The second kappa shape index (κ2) is 6.62. The monoisotopic (exact) mass is 344 g/mol. The number of rotatable bonds is 4. The highest BCUT2D eigenvalue weighted by atomic mass is 28.5. The Morgan fingerprint density at radius 2 is 1.00 bits per heavy atom. The summed E-state index contributed by atoms with van der Waals surface area (Å²) in [6.45, 7) is 23.9. The van der Waals surface area contributed by atoms with E-state index in [2.05, 4.69) is 26.3 Å². The highest BCUT2D eigenvalue weighted by Gasteiger charge is 2.53. The van der Waals surface area contributed by atoms with Crippen molar-refractivity contribution in [3.05, 3.63) is 47.1 Å². The maximum Gasteiger partial charge on any atom is 0.379 e. The van der Waals surface area contributed by atoms with Crippen LogP contribution in [-0.4, -0.2) is 37.1 Å². The second-order valence-corrected chi connectivity index (χ2v) is 16.3. The first-order chi connectivity index (χ1) is 9.19. The van der Waals surface area contributed by atoms with Gasteiger partial charge < -0.3 is 16.5 Å². The Bertz CT molecular complexity index is 392. The van der Waals surface area contributed by atoms with Gasteiger partial charge >= 0.3 is 17.1 Å². The van der Waals surface area contributed by atoms with Crippen molar-refractivity contribution in [2.75, 3.05) is 0 Å². The van der Waals surface area contributed by atoms with Crippen molar-refractivity contribution in [2.24, 2.45) is 0 Å². The molecule has 4 nitrogen and oxygen atoms in total. The van der Waals surface area contributed by atoms with Crippen molar-refractivity contribution < 1.29 is 16.5 Å². The van der Waals surface area contributed by atoms with Gasteiger partial charge in [0.25, 0.3) is 20.0 Å². The molecule has 0 amide bonds. The maximum atomic E-state index is 6.54. The van der Waals surface area contributed by atoms with Crippen molar-refractivity contribution in [1.82, 2.24) is 0 Å². The summed E-state index contributed by atoms with van der Waals surface area (Å²) in [6, 6.07) is 0. The largest absolute Gasteiger partial charge is 0.425 e. The minimum Gasteiger partial charge on any atom is -0.425 e. The number of allylic oxidation sites excluding steroid dienone is 4. The van der Waals surface area contributed by atoms with Crippen molar-refractivity contribution in [3.63, 3.8) is 0 Å². The average Bonchev–Trinajstić information content (AvgIpc) is 2.27. The van der Waals surface area contributed by atoms with Gasteiger partial charge in [-0.15, -0.1) is 0 Å². The van der Waals surface area contributed by atoms with Crippen molar-refractivity contribution in [1.29, 1.82) is 0 Å². The summed E-state index contributed by atoms with van der Waals surface area (Å²) < 4.78 is 24.4. The molecule has 1 aliphatic heterocycles. The Kier molecular flexibility index (Phi) is 5.87. The molecule has 1 saturated heterocycles. The third kappa shape index (κ3) is 3.12. The second-order valence-electron chi connectivity index (χ2n) is 5.19. The van der Waals surface area contributed by atoms with E-state index in [1.54, 1.807) is 0 Å². The van der Waals surface area contributed by atoms with Crippen molar-refractivity contribution >= 4 is 37.1 Å². The maximum absolute atomic E-state index is 6.54. The molecule has 0 unspecified atom stereocenters. The molecule has 1 fully saturated rings. The summed E-state index contributed by atoms with van der Waals surface area (Å²) in [5.41, 5.74) is 0. The molecule has 1 aliphatic rings. The molecule has 0 aromatic carbocycles. The van der Waals surface area contributed by atoms with Crippen LogP contribution in [0.5, 0.6) is 0 Å². The van der Waals surface area contributed by atoms with E-state index >= 15 is 0 Å². The molecule has 0 aliphatic carbocycles. The third-order valence-corrected chi connectivity index (χ3v) is 15.5. The van der Waals surface area contributed by atoms with Gasteiger partial charge in [-0.2, -0.15) is 0 Å². The smallest absolute Gasteiger partial charge is 0.379 e. The Morgan fingerprint density at radius 3 is 1.25 bits per heavy atom. The van der Waals surface area contributed by atoms with Gasteiger partial charge in [-0.1, -0.05) is 26.3 Å². The van der Waals surface area contributed by atoms with Crippen LogP contribution >= 0.6 is 0 Å². The Balaban J connectivity index is 3.39. The molecule has 0 spiro atoms. The first-order valence-electron chi connectivity index (χ1n) is 6.39. The van der Waals surface area contributed by atoms with Crippen LogP contribution in [0.15, 0.2) is 47.1 Å². The molecule has 1 heterocycles. The zero-order valence-corrected chi connectivity index (χ0v) is 17.7. The number of hydrogen-bond acceptors (Lipinski definition) is 4. The SMILES string of the molecule is C=C(C)[Si]1(C(=C)C)O[SiH2]O[SiH2]O[Si](C(=C)C)(C(=C)C)O1. The van der Waals surface area contributed by atoms with Crippen LogP contribution < -0.4 is 0 Å². The van der Waals surface area contributed by atoms with Crippen LogP contribution in [0.25, 0.3) is 0 Å². The zero-order chi connectivity index (χ0) is 15.6. The summed E-state index contributed by atoms with van der Waals surface area (Å²) in [5, 5.41) is 3.47. The number of hydrogen-bond donors (Lipinski definition) is 0. The van der Waals surface area contributed by atoms with E-state index in [4.69, 9.17) is 16.5 Å². The quantitative estimate of drug-likeness (QED) is 0.723. The molecule has 0 radical (unpaired) electrons. The topological polar surface area (TPSA) is 36.9 Å². The molecule has 0 aromatic rings. The molecular formula is C12H24O4Si4. The molecule has 0 saturated carbocycles. The lowest BCUT2D eigenvalue weighted by atomic mass is 10.7. The highest BCUT2D eigenvalue weighted by molar-refractivity contribution is 6.96. The molecule has 0 atom stereocenters. The van der Waals surface area contributed by atoms with Crippen LogP contribution in [0, 0.1) is 0 Å². The fourth-order valence-corrected chi connectivity index (χ4v) is 17.2. The van der Waals surface area contributed by atoms with E-state index in [1.807, 2.05) is 27.7 Å². The van der Waals surface area contributed by atoms with E-state index in [1.165, 1.54) is 0 Å². The van der Waals surface area contributed by atoms with Gasteiger partial charge in [0, 0.05) is 0 Å². The van der Waals surface area contributed by atoms with E-state index in [0.717, 1.165) is 20.8 Å². The van der Waals surface area contributed by atoms with Crippen LogP contribution in [0.1, 0.15) is 27.7 Å². The van der Waals surface area contributed by atoms with Gasteiger partial charge in [0.05, 0.1) is 0 Å². The lowest BCUT2D eigenvalue weighted by Gasteiger charge is -2.43. The molecule has 112 valence electrons. The van der Waals surface area contributed by atoms with Gasteiger partial charge in [-0.05, 0) is 48.5 Å². The highest BCUT2D eigenvalue weighted by Crippen LogP contribution is 2.34. The summed E-state index contributed by atoms with van der Waals surface area (Å²) in [7, 11) is -7.83. The molecular weight excluding hydrogens is 320 g/mol. The van der Waals surface area contributed by atoms with E-state index in [-0.39, 0.29) is 0 Å². The average molecular weight is 345 g/mol. The lowest BCUT2D eigenvalue weighted by molar-refractivity contribution is 0.291. The van der Waals surface area contributed by atoms with E-state index < -0.39 is 37.1 Å². The molecule has 0 bridgehead atoms. The summed E-state index contributed by atoms with van der Waals surface area (Å²) in [5.74, 6) is 0. The Morgan fingerprint density at radius 1 is 0.700 bits per heavy atom. The zero-order valence-electron chi connectivity index (χ0n) is 12.9. The molecule has 8 heteroatoms.